The van der Waals surface area contributed by atoms with Crippen molar-refractivity contribution in [2.75, 3.05) is 25.2 Å². The first-order valence-corrected chi connectivity index (χ1v) is 7.81. The molecule has 0 aromatic rings. The van der Waals surface area contributed by atoms with Crippen molar-refractivity contribution in [3.63, 3.8) is 0 Å². The van der Waals surface area contributed by atoms with Gasteiger partial charge in [0.2, 0.25) is 0 Å². The van der Waals surface area contributed by atoms with Gasteiger partial charge in [-0.25, -0.2) is 0 Å². The van der Waals surface area contributed by atoms with E-state index in [1.807, 2.05) is 5.92 Å². The van der Waals surface area contributed by atoms with E-state index < -0.39 is 20.2 Å². The molecule has 0 unspecified atom stereocenters. The highest BCUT2D eigenvalue weighted by Crippen LogP contribution is 2.00. The van der Waals surface area contributed by atoms with Crippen LogP contribution in [0.25, 0.3) is 0 Å². The molecule has 0 saturated heterocycles. The minimum atomic E-state index is -3.61. The first-order chi connectivity index (χ1) is 7.27. The molecule has 0 aliphatic carbocycles. The maximum atomic E-state index is 11.1. The minimum Gasteiger partial charge on any atom is -0.270 e. The van der Waals surface area contributed by atoms with E-state index in [9.17, 15) is 16.8 Å². The normalized spacial score (nSPS) is 12.2. The monoisotopic (exact) mass is 270 g/mol. The van der Waals surface area contributed by atoms with Gasteiger partial charge in [0.15, 0.2) is 0 Å². The van der Waals surface area contributed by atoms with Crippen molar-refractivity contribution in [1.29, 1.82) is 0 Å². The molecule has 0 aliphatic rings. The van der Waals surface area contributed by atoms with Gasteiger partial charge in [-0.2, -0.15) is 16.8 Å². The van der Waals surface area contributed by atoms with E-state index in [0.717, 1.165) is 6.26 Å². The molecule has 0 heterocycles. The van der Waals surface area contributed by atoms with Crippen LogP contribution in [0.3, 0.4) is 0 Å². The Morgan fingerprint density at radius 2 is 1.75 bits per heavy atom. The molecule has 0 aliphatic heterocycles. The fraction of sp³-hybridized carbons (Fsp3) is 0.750. The van der Waals surface area contributed by atoms with Gasteiger partial charge in [-0.15, -0.1) is 6.42 Å². The molecule has 8 heteroatoms. The second kappa shape index (κ2) is 6.85. The maximum Gasteiger partial charge on any atom is 0.268 e. The number of hydrogen-bond acceptors (Lipinski definition) is 6. The third kappa shape index (κ3) is 9.92. The van der Waals surface area contributed by atoms with Crippen molar-refractivity contribution >= 4 is 20.2 Å². The van der Waals surface area contributed by atoms with Crippen molar-refractivity contribution in [3.05, 3.63) is 0 Å². The lowest BCUT2D eigenvalue weighted by Gasteiger charge is -2.03. The van der Waals surface area contributed by atoms with Crippen LogP contribution in [0.1, 0.15) is 12.8 Å². The topological polar surface area (TPSA) is 86.7 Å². The van der Waals surface area contributed by atoms with Gasteiger partial charge in [0.1, 0.15) is 6.61 Å². The maximum absolute atomic E-state index is 11.1. The van der Waals surface area contributed by atoms with Gasteiger partial charge in [-0.1, -0.05) is 5.92 Å². The van der Waals surface area contributed by atoms with Crippen molar-refractivity contribution in [2.24, 2.45) is 0 Å². The van der Waals surface area contributed by atoms with E-state index in [-0.39, 0.29) is 25.4 Å². The van der Waals surface area contributed by atoms with Gasteiger partial charge in [-0.05, 0) is 12.8 Å². The van der Waals surface area contributed by atoms with Crippen LogP contribution in [0.4, 0.5) is 0 Å². The Morgan fingerprint density at radius 1 is 1.12 bits per heavy atom. The fourth-order valence-electron chi connectivity index (χ4n) is 0.774. The summed E-state index contributed by atoms with van der Waals surface area (Å²) in [5.74, 6) is 1.83. The number of terminal acetylenes is 1. The average Bonchev–Trinajstić information content (AvgIpc) is 2.12. The van der Waals surface area contributed by atoms with E-state index >= 15 is 0 Å². The molecule has 0 fully saturated rings. The molecule has 0 amide bonds. The molecule has 0 aromatic heterocycles. The standard InChI is InChI=1S/C8H14O6S2/c1-3-6-14-16(11,12)8-5-4-7-13-15(2,9)10/h1H,4-8H2,2H3. The highest BCUT2D eigenvalue weighted by molar-refractivity contribution is 7.86. The SMILES string of the molecule is C#CCOS(=O)(=O)CCCCOS(C)(=O)=O. The molecule has 0 saturated carbocycles. The van der Waals surface area contributed by atoms with Gasteiger partial charge in [0.05, 0.1) is 18.6 Å². The van der Waals surface area contributed by atoms with Crippen molar-refractivity contribution in [3.8, 4) is 12.3 Å². The number of hydrogen-bond donors (Lipinski definition) is 0. The quantitative estimate of drug-likeness (QED) is 0.342. The van der Waals surface area contributed by atoms with Crippen LogP contribution < -0.4 is 0 Å². The van der Waals surface area contributed by atoms with Crippen LogP contribution in [0.2, 0.25) is 0 Å². The lowest BCUT2D eigenvalue weighted by Crippen LogP contribution is -2.12. The molecule has 0 rings (SSSR count). The zero-order valence-corrected chi connectivity index (χ0v) is 10.5. The highest BCUT2D eigenvalue weighted by Gasteiger charge is 2.10. The van der Waals surface area contributed by atoms with Gasteiger partial charge >= 0.3 is 0 Å². The Labute approximate surface area is 96.2 Å². The minimum absolute atomic E-state index is 0.0382. The van der Waals surface area contributed by atoms with Crippen molar-refractivity contribution in [2.45, 2.75) is 12.8 Å². The number of unbranched alkanes of at least 4 members (excludes halogenated alkanes) is 1. The summed E-state index contributed by atoms with van der Waals surface area (Å²) < 4.78 is 52.1. The molecule has 0 atom stereocenters. The average molecular weight is 270 g/mol. The van der Waals surface area contributed by atoms with E-state index in [2.05, 4.69) is 8.37 Å². The zero-order chi connectivity index (χ0) is 12.7. The summed E-state index contributed by atoms with van der Waals surface area (Å²) in [5, 5.41) is 0. The number of rotatable bonds is 8. The summed E-state index contributed by atoms with van der Waals surface area (Å²) in [7, 11) is -7.07. The van der Waals surface area contributed by atoms with E-state index in [1.165, 1.54) is 0 Å². The van der Waals surface area contributed by atoms with Gasteiger partial charge in [0, 0.05) is 0 Å². The molecule has 16 heavy (non-hydrogen) atoms. The second-order valence-electron chi connectivity index (χ2n) is 2.96. The Balaban J connectivity index is 3.71. The van der Waals surface area contributed by atoms with E-state index in [4.69, 9.17) is 6.42 Å². The Morgan fingerprint density at radius 3 is 2.25 bits per heavy atom. The summed E-state index contributed by atoms with van der Waals surface area (Å²) in [6.07, 6.45) is 6.33. The third-order valence-electron chi connectivity index (χ3n) is 1.41. The summed E-state index contributed by atoms with van der Waals surface area (Å²) in [6, 6.07) is 0. The second-order valence-corrected chi connectivity index (χ2v) is 6.36. The molecule has 0 bridgehead atoms. The Kier molecular flexibility index (Phi) is 6.59. The van der Waals surface area contributed by atoms with Crippen molar-refractivity contribution < 1.29 is 25.2 Å². The van der Waals surface area contributed by atoms with Crippen LogP contribution in [-0.2, 0) is 28.6 Å². The molecular formula is C8H14O6S2. The van der Waals surface area contributed by atoms with Crippen LogP contribution in [-0.4, -0.2) is 42.1 Å². The summed E-state index contributed by atoms with van der Waals surface area (Å²) in [6.45, 7) is -0.328. The Bertz CT molecular complexity index is 428. The first kappa shape index (κ1) is 15.4. The van der Waals surface area contributed by atoms with Gasteiger partial charge in [0.25, 0.3) is 20.2 Å². The molecule has 0 N–H and O–H groups in total. The molecule has 0 spiro atoms. The van der Waals surface area contributed by atoms with E-state index in [1.54, 1.807) is 0 Å². The molecular weight excluding hydrogens is 256 g/mol. The summed E-state index contributed by atoms with van der Waals surface area (Å²) in [4.78, 5) is 0. The predicted octanol–water partition coefficient (Wildman–Crippen LogP) is -0.278. The lowest BCUT2D eigenvalue weighted by atomic mass is 10.4. The third-order valence-corrected chi connectivity index (χ3v) is 3.27. The van der Waals surface area contributed by atoms with Crippen molar-refractivity contribution in [1.82, 2.24) is 0 Å². The summed E-state index contributed by atoms with van der Waals surface area (Å²) >= 11 is 0. The smallest absolute Gasteiger partial charge is 0.268 e. The van der Waals surface area contributed by atoms with Crippen LogP contribution in [0.5, 0.6) is 0 Å². The Hall–Kier alpha value is -0.620. The molecule has 0 radical (unpaired) electrons. The molecule has 6 nitrogen and oxygen atoms in total. The van der Waals surface area contributed by atoms with Crippen LogP contribution in [0.15, 0.2) is 0 Å². The highest BCUT2D eigenvalue weighted by atomic mass is 32.2. The molecule has 94 valence electrons. The first-order valence-electron chi connectivity index (χ1n) is 4.42. The van der Waals surface area contributed by atoms with Crippen LogP contribution in [0, 0.1) is 12.3 Å². The predicted molar refractivity (Wildman–Crippen MR) is 58.6 cm³/mol. The fourth-order valence-corrected chi connectivity index (χ4v) is 2.12. The van der Waals surface area contributed by atoms with Gasteiger partial charge in [-0.3, -0.25) is 8.37 Å². The molecule has 0 aromatic carbocycles. The zero-order valence-electron chi connectivity index (χ0n) is 8.88. The summed E-state index contributed by atoms with van der Waals surface area (Å²) in [5.41, 5.74) is 0. The largest absolute Gasteiger partial charge is 0.270 e. The lowest BCUT2D eigenvalue weighted by molar-refractivity contribution is 0.313. The van der Waals surface area contributed by atoms with Gasteiger partial charge < -0.3 is 0 Å². The van der Waals surface area contributed by atoms with Crippen LogP contribution >= 0.6 is 0 Å². The van der Waals surface area contributed by atoms with E-state index in [0.29, 0.717) is 6.42 Å².